The van der Waals surface area contributed by atoms with Gasteiger partial charge in [-0.1, -0.05) is 26.0 Å². The number of phenols is 1. The first-order valence-electron chi connectivity index (χ1n) is 7.84. The molecule has 3 N–H and O–H groups in total. The van der Waals surface area contributed by atoms with E-state index in [1.807, 2.05) is 13.8 Å². The van der Waals surface area contributed by atoms with Crippen molar-refractivity contribution in [3.63, 3.8) is 0 Å². The van der Waals surface area contributed by atoms with Crippen molar-refractivity contribution in [1.82, 2.24) is 15.2 Å². The Morgan fingerprint density at radius 2 is 1.76 bits per heavy atom. The van der Waals surface area contributed by atoms with Crippen molar-refractivity contribution in [2.24, 2.45) is 0 Å². The quantitative estimate of drug-likeness (QED) is 0.743. The highest BCUT2D eigenvalue weighted by Gasteiger charge is 2.10. The van der Waals surface area contributed by atoms with Gasteiger partial charge in [0.2, 0.25) is 0 Å². The molecule has 128 valence electrons. The Bertz CT molecular complexity index is 866. The summed E-state index contributed by atoms with van der Waals surface area (Å²) in [7, 11) is 0. The summed E-state index contributed by atoms with van der Waals surface area (Å²) in [6.45, 7) is 4.00. The summed E-state index contributed by atoms with van der Waals surface area (Å²) in [5, 5.41) is 17.7. The van der Waals surface area contributed by atoms with Crippen LogP contribution in [0.15, 0.2) is 54.9 Å². The fourth-order valence-corrected chi connectivity index (χ4v) is 2.08. The van der Waals surface area contributed by atoms with Gasteiger partial charge in [0.15, 0.2) is 5.82 Å². The van der Waals surface area contributed by atoms with Crippen molar-refractivity contribution < 1.29 is 9.50 Å². The molecule has 3 rings (SSSR count). The maximum atomic E-state index is 14.3. The van der Waals surface area contributed by atoms with Crippen molar-refractivity contribution in [1.29, 1.82) is 0 Å². The number of para-hydroxylation sites is 1. The van der Waals surface area contributed by atoms with Crippen LogP contribution in [0.2, 0.25) is 0 Å². The maximum absolute atomic E-state index is 14.3. The molecule has 3 aromatic rings. The minimum Gasteiger partial charge on any atom is -0.507 e. The van der Waals surface area contributed by atoms with Gasteiger partial charge in [-0.3, -0.25) is 4.98 Å². The summed E-state index contributed by atoms with van der Waals surface area (Å²) in [5.41, 5.74) is 7.45. The number of aromatic nitrogens is 3. The number of rotatable bonds is 3. The summed E-state index contributed by atoms with van der Waals surface area (Å²) < 4.78 is 14.3. The molecule has 0 fully saturated rings. The smallest absolute Gasteiger partial charge is 0.153 e. The molecule has 0 atom stereocenters. The van der Waals surface area contributed by atoms with Crippen LogP contribution in [0, 0.1) is 0 Å². The van der Waals surface area contributed by atoms with Gasteiger partial charge < -0.3 is 10.8 Å². The van der Waals surface area contributed by atoms with Crippen LogP contribution in [0.1, 0.15) is 25.0 Å². The second-order valence-corrected chi connectivity index (χ2v) is 4.82. The first-order valence-corrected chi connectivity index (χ1v) is 7.84. The van der Waals surface area contributed by atoms with E-state index in [0.29, 0.717) is 22.4 Å². The monoisotopic (exact) mass is 338 g/mol. The highest BCUT2D eigenvalue weighted by molar-refractivity contribution is 5.81. The second kappa shape index (κ2) is 8.54. The van der Waals surface area contributed by atoms with E-state index in [2.05, 4.69) is 15.2 Å². The molecule has 25 heavy (non-hydrogen) atoms. The van der Waals surface area contributed by atoms with E-state index in [1.165, 1.54) is 18.5 Å². The standard InChI is InChI=1S/C17H13FN4O.C2H6/c18-14(11-5-7-20-8-6-11)9-12-10-15(21-22-17(12)19)13-3-1-2-4-16(13)23;1-2/h1-10,23H,(H2,19,22);1-2H3/b14-9-;. The molecule has 0 bridgehead atoms. The predicted molar refractivity (Wildman–Crippen MR) is 98.1 cm³/mol. The van der Waals surface area contributed by atoms with E-state index in [-0.39, 0.29) is 11.6 Å². The lowest BCUT2D eigenvalue weighted by Crippen LogP contribution is -1.98. The predicted octanol–water partition coefficient (Wildman–Crippen LogP) is 4.32. The van der Waals surface area contributed by atoms with Gasteiger partial charge >= 0.3 is 0 Å². The summed E-state index contributed by atoms with van der Waals surface area (Å²) in [5.74, 6) is -0.292. The minimum absolute atomic E-state index is 0.0658. The van der Waals surface area contributed by atoms with Gasteiger partial charge in [-0.05, 0) is 36.4 Å². The van der Waals surface area contributed by atoms with Gasteiger partial charge in [-0.25, -0.2) is 4.39 Å². The number of benzene rings is 1. The fraction of sp³-hybridized carbons (Fsp3) is 0.105. The third-order valence-electron chi connectivity index (χ3n) is 3.27. The number of anilines is 1. The molecule has 2 heterocycles. The summed E-state index contributed by atoms with van der Waals surface area (Å²) in [6.07, 6.45) is 4.29. The zero-order valence-electron chi connectivity index (χ0n) is 14.0. The van der Waals surface area contributed by atoms with E-state index < -0.39 is 5.83 Å². The number of hydrogen-bond acceptors (Lipinski definition) is 5. The molecule has 0 aliphatic carbocycles. The van der Waals surface area contributed by atoms with Gasteiger partial charge in [0.25, 0.3) is 0 Å². The van der Waals surface area contributed by atoms with Crippen molar-refractivity contribution in [2.75, 3.05) is 5.73 Å². The molecule has 0 spiro atoms. The molecule has 0 amide bonds. The average Bonchev–Trinajstić information content (AvgIpc) is 2.66. The Morgan fingerprint density at radius 3 is 2.44 bits per heavy atom. The molecule has 2 aromatic heterocycles. The molecule has 0 unspecified atom stereocenters. The molecule has 0 radical (unpaired) electrons. The average molecular weight is 338 g/mol. The van der Waals surface area contributed by atoms with Crippen LogP contribution >= 0.6 is 0 Å². The molecule has 5 nitrogen and oxygen atoms in total. The normalized spacial score (nSPS) is 10.8. The zero-order chi connectivity index (χ0) is 18.2. The lowest BCUT2D eigenvalue weighted by atomic mass is 10.1. The Kier molecular flexibility index (Phi) is 6.17. The molecule has 6 heteroatoms. The number of nitrogen functional groups attached to an aromatic ring is 1. The highest BCUT2D eigenvalue weighted by Crippen LogP contribution is 2.29. The minimum atomic E-state index is -0.463. The van der Waals surface area contributed by atoms with E-state index in [4.69, 9.17) is 5.73 Å². The van der Waals surface area contributed by atoms with E-state index >= 15 is 0 Å². The lowest BCUT2D eigenvalue weighted by Gasteiger charge is -2.06. The largest absolute Gasteiger partial charge is 0.507 e. The van der Waals surface area contributed by atoms with Crippen LogP contribution in [0.3, 0.4) is 0 Å². The maximum Gasteiger partial charge on any atom is 0.153 e. The first kappa shape index (κ1) is 18.1. The van der Waals surface area contributed by atoms with Crippen molar-refractivity contribution >= 4 is 17.7 Å². The third kappa shape index (κ3) is 4.38. The molecule has 0 saturated heterocycles. The van der Waals surface area contributed by atoms with Crippen LogP contribution in [-0.4, -0.2) is 20.3 Å². The number of phenolic OH excluding ortho intramolecular Hbond substituents is 1. The molecule has 0 aliphatic heterocycles. The van der Waals surface area contributed by atoms with Gasteiger partial charge in [-0.2, -0.15) is 0 Å². The van der Waals surface area contributed by atoms with Crippen LogP contribution in [0.4, 0.5) is 10.2 Å². The second-order valence-electron chi connectivity index (χ2n) is 4.82. The van der Waals surface area contributed by atoms with Crippen LogP contribution in [0.25, 0.3) is 23.2 Å². The summed E-state index contributed by atoms with van der Waals surface area (Å²) in [4.78, 5) is 3.85. The number of nitrogens with zero attached hydrogens (tertiary/aromatic N) is 3. The first-order chi connectivity index (χ1) is 12.1. The van der Waals surface area contributed by atoms with E-state index in [0.717, 1.165) is 0 Å². The van der Waals surface area contributed by atoms with Gasteiger partial charge in [0.1, 0.15) is 11.6 Å². The van der Waals surface area contributed by atoms with Crippen molar-refractivity contribution in [3.05, 3.63) is 66.0 Å². The topological polar surface area (TPSA) is 84.9 Å². The van der Waals surface area contributed by atoms with Gasteiger partial charge in [-0.15, -0.1) is 10.2 Å². The Hall–Kier alpha value is -3.28. The summed E-state index contributed by atoms with van der Waals surface area (Å²) in [6, 6.07) is 11.4. The van der Waals surface area contributed by atoms with Crippen LogP contribution < -0.4 is 5.73 Å². The third-order valence-corrected chi connectivity index (χ3v) is 3.27. The fourth-order valence-electron chi connectivity index (χ4n) is 2.08. The number of pyridine rings is 1. The van der Waals surface area contributed by atoms with Crippen LogP contribution in [-0.2, 0) is 0 Å². The summed E-state index contributed by atoms with van der Waals surface area (Å²) >= 11 is 0. The van der Waals surface area contributed by atoms with E-state index in [9.17, 15) is 9.50 Å². The molecular weight excluding hydrogens is 319 g/mol. The number of aromatic hydroxyl groups is 1. The Balaban J connectivity index is 0.00000109. The lowest BCUT2D eigenvalue weighted by molar-refractivity contribution is 0.477. The van der Waals surface area contributed by atoms with Crippen LogP contribution in [0.5, 0.6) is 5.75 Å². The Morgan fingerprint density at radius 1 is 1.08 bits per heavy atom. The molecule has 0 saturated carbocycles. The molecular formula is C19H19FN4O. The molecule has 0 aliphatic rings. The highest BCUT2D eigenvalue weighted by atomic mass is 19.1. The molecule has 1 aromatic carbocycles. The number of hydrogen-bond donors (Lipinski definition) is 2. The SMILES string of the molecule is CC.Nc1nnc(-c2ccccc2O)cc1/C=C(\F)c1ccncc1. The van der Waals surface area contributed by atoms with Crippen molar-refractivity contribution in [3.8, 4) is 17.0 Å². The van der Waals surface area contributed by atoms with E-state index in [1.54, 1.807) is 42.5 Å². The Labute approximate surface area is 145 Å². The van der Waals surface area contributed by atoms with Gasteiger partial charge in [0.05, 0.1) is 5.69 Å². The number of halogens is 1. The van der Waals surface area contributed by atoms with Crippen molar-refractivity contribution in [2.45, 2.75) is 13.8 Å². The zero-order valence-corrected chi connectivity index (χ0v) is 14.0. The number of nitrogens with two attached hydrogens (primary N) is 1. The van der Waals surface area contributed by atoms with Gasteiger partial charge in [0, 0.05) is 29.1 Å².